The molecule has 0 aromatic heterocycles. The van der Waals surface area contributed by atoms with E-state index in [0.29, 0.717) is 25.6 Å². The highest BCUT2D eigenvalue weighted by atomic mass is 32.2. The first kappa shape index (κ1) is 16.2. The second kappa shape index (κ2) is 7.22. The smallest absolute Gasteiger partial charge is 0.279 e. The second-order valence-corrected chi connectivity index (χ2v) is 6.91. The molecule has 1 aromatic carbocycles. The number of nitrogens with zero attached hydrogens (tertiary/aromatic N) is 1. The number of nitrogens with one attached hydrogen (secondary N) is 1. The molecule has 0 atom stereocenters. The number of piperidine rings is 1. The quantitative estimate of drug-likeness (QED) is 0.769. The Hall–Kier alpha value is -1.15. The lowest BCUT2D eigenvalue weighted by molar-refractivity contribution is 0.203. The lowest BCUT2D eigenvalue weighted by Gasteiger charge is -2.31. The summed E-state index contributed by atoms with van der Waals surface area (Å²) in [5, 5.41) is 9.30. The van der Waals surface area contributed by atoms with E-state index in [2.05, 4.69) is 4.72 Å². The van der Waals surface area contributed by atoms with Gasteiger partial charge in [-0.25, -0.2) is 0 Å². The van der Waals surface area contributed by atoms with Gasteiger partial charge in [0.05, 0.1) is 6.61 Å². The zero-order chi connectivity index (χ0) is 15.3. The van der Waals surface area contributed by atoms with Crippen LogP contribution in [0.5, 0.6) is 5.75 Å². The van der Waals surface area contributed by atoms with Gasteiger partial charge in [0.25, 0.3) is 10.2 Å². The molecule has 0 amide bonds. The van der Waals surface area contributed by atoms with Gasteiger partial charge >= 0.3 is 0 Å². The highest BCUT2D eigenvalue weighted by Crippen LogP contribution is 2.29. The minimum Gasteiger partial charge on any atom is -0.508 e. The van der Waals surface area contributed by atoms with Gasteiger partial charge in [0, 0.05) is 26.7 Å². The fraction of sp³-hybridized carbons (Fsp3) is 0.571. The molecule has 1 aliphatic heterocycles. The molecule has 2 N–H and O–H groups in total. The van der Waals surface area contributed by atoms with Crippen LogP contribution in [0.4, 0.5) is 0 Å². The summed E-state index contributed by atoms with van der Waals surface area (Å²) in [6, 6.07) is 7.15. The van der Waals surface area contributed by atoms with Crippen LogP contribution in [0.1, 0.15) is 24.3 Å². The fourth-order valence-electron chi connectivity index (χ4n) is 2.54. The third-order valence-electron chi connectivity index (χ3n) is 3.75. The summed E-state index contributed by atoms with van der Waals surface area (Å²) >= 11 is 0. The number of benzene rings is 1. The number of aromatic hydroxyl groups is 1. The van der Waals surface area contributed by atoms with E-state index >= 15 is 0 Å². The number of hydrogen-bond acceptors (Lipinski definition) is 4. The van der Waals surface area contributed by atoms with Crippen molar-refractivity contribution in [2.45, 2.75) is 18.8 Å². The minimum absolute atomic E-state index is 0.251. The van der Waals surface area contributed by atoms with E-state index in [1.165, 1.54) is 11.4 Å². The largest absolute Gasteiger partial charge is 0.508 e. The molecule has 1 heterocycles. The molecule has 118 valence electrons. The van der Waals surface area contributed by atoms with E-state index in [9.17, 15) is 13.5 Å². The van der Waals surface area contributed by atoms with E-state index in [4.69, 9.17) is 4.74 Å². The summed E-state index contributed by atoms with van der Waals surface area (Å²) in [6.07, 6.45) is 1.58. The Labute approximate surface area is 125 Å². The molecule has 6 nitrogen and oxygen atoms in total. The molecule has 1 fully saturated rings. The zero-order valence-corrected chi connectivity index (χ0v) is 13.0. The van der Waals surface area contributed by atoms with Gasteiger partial charge in [0.2, 0.25) is 0 Å². The molecule has 1 aliphatic rings. The van der Waals surface area contributed by atoms with Crippen molar-refractivity contribution < 1.29 is 18.3 Å². The van der Waals surface area contributed by atoms with Gasteiger partial charge in [-0.1, -0.05) is 12.1 Å². The molecular formula is C14H22N2O4S. The highest BCUT2D eigenvalue weighted by molar-refractivity contribution is 7.87. The average Bonchev–Trinajstić information content (AvgIpc) is 2.48. The number of rotatable bonds is 6. The first-order valence-corrected chi connectivity index (χ1v) is 8.49. The Kier molecular flexibility index (Phi) is 5.58. The topological polar surface area (TPSA) is 78.9 Å². The van der Waals surface area contributed by atoms with Crippen molar-refractivity contribution in [3.05, 3.63) is 29.8 Å². The van der Waals surface area contributed by atoms with Crippen LogP contribution in [0.15, 0.2) is 24.3 Å². The van der Waals surface area contributed by atoms with Crippen molar-refractivity contribution >= 4 is 10.2 Å². The summed E-state index contributed by atoms with van der Waals surface area (Å²) in [5.74, 6) is 0.595. The maximum absolute atomic E-state index is 12.1. The third kappa shape index (κ3) is 4.41. The van der Waals surface area contributed by atoms with Crippen LogP contribution in [-0.4, -0.2) is 51.2 Å². The van der Waals surface area contributed by atoms with Gasteiger partial charge in [0.1, 0.15) is 5.75 Å². The Bertz CT molecular complexity index is 537. The first-order valence-electron chi connectivity index (χ1n) is 7.05. The molecule has 0 unspecified atom stereocenters. The molecule has 2 rings (SSSR count). The predicted molar refractivity (Wildman–Crippen MR) is 80.5 cm³/mol. The summed E-state index contributed by atoms with van der Waals surface area (Å²) < 4.78 is 33.0. The summed E-state index contributed by atoms with van der Waals surface area (Å²) in [4.78, 5) is 0. The number of ether oxygens (including phenoxy) is 1. The normalized spacial score (nSPS) is 18.0. The molecule has 0 bridgehead atoms. The van der Waals surface area contributed by atoms with E-state index in [1.807, 2.05) is 12.1 Å². The molecule has 7 heteroatoms. The van der Waals surface area contributed by atoms with Crippen LogP contribution in [0.25, 0.3) is 0 Å². The molecule has 21 heavy (non-hydrogen) atoms. The van der Waals surface area contributed by atoms with Crippen LogP contribution < -0.4 is 4.72 Å². The number of methoxy groups -OCH3 is 1. The number of phenolic OH excluding ortho intramolecular Hbond substituents is 1. The van der Waals surface area contributed by atoms with E-state index < -0.39 is 10.2 Å². The Morgan fingerprint density at radius 1 is 1.29 bits per heavy atom. The van der Waals surface area contributed by atoms with Crippen molar-refractivity contribution in [1.29, 1.82) is 0 Å². The zero-order valence-electron chi connectivity index (χ0n) is 12.2. The lowest BCUT2D eigenvalue weighted by atomic mass is 9.90. The molecular weight excluding hydrogens is 292 g/mol. The third-order valence-corrected chi connectivity index (χ3v) is 5.36. The van der Waals surface area contributed by atoms with Gasteiger partial charge < -0.3 is 9.84 Å². The fourth-order valence-corrected chi connectivity index (χ4v) is 3.76. The maximum atomic E-state index is 12.1. The number of phenols is 1. The standard InChI is InChI=1S/C14H22N2O4S/c1-20-11-8-15-21(18,19)16-9-6-13(7-10-16)12-2-4-14(17)5-3-12/h2-5,13,15,17H,6-11H2,1H3. The summed E-state index contributed by atoms with van der Waals surface area (Å²) in [6.45, 7) is 1.67. The van der Waals surface area contributed by atoms with Crippen molar-refractivity contribution in [2.24, 2.45) is 0 Å². The Balaban J connectivity index is 1.89. The monoisotopic (exact) mass is 314 g/mol. The van der Waals surface area contributed by atoms with Crippen molar-refractivity contribution in [3.8, 4) is 5.75 Å². The molecule has 0 saturated carbocycles. The van der Waals surface area contributed by atoms with Gasteiger partial charge in [-0.15, -0.1) is 0 Å². The molecule has 0 aliphatic carbocycles. The van der Waals surface area contributed by atoms with Gasteiger partial charge in [0.15, 0.2) is 0 Å². The molecule has 1 saturated heterocycles. The van der Waals surface area contributed by atoms with Gasteiger partial charge in [-0.05, 0) is 36.5 Å². The van der Waals surface area contributed by atoms with Crippen LogP contribution in [0, 0.1) is 0 Å². The summed E-state index contributed by atoms with van der Waals surface area (Å²) in [7, 11) is -1.87. The van der Waals surface area contributed by atoms with E-state index in [0.717, 1.165) is 18.4 Å². The van der Waals surface area contributed by atoms with Crippen molar-refractivity contribution in [2.75, 3.05) is 33.4 Å². The van der Waals surface area contributed by atoms with Crippen LogP contribution in [-0.2, 0) is 14.9 Å². The van der Waals surface area contributed by atoms with Crippen molar-refractivity contribution in [3.63, 3.8) is 0 Å². The second-order valence-electron chi connectivity index (χ2n) is 5.16. The minimum atomic E-state index is -3.40. The first-order chi connectivity index (χ1) is 10.0. The van der Waals surface area contributed by atoms with E-state index in [-0.39, 0.29) is 12.3 Å². The van der Waals surface area contributed by atoms with Crippen LogP contribution >= 0.6 is 0 Å². The molecule has 0 radical (unpaired) electrons. The lowest BCUT2D eigenvalue weighted by Crippen LogP contribution is -2.45. The van der Waals surface area contributed by atoms with Crippen molar-refractivity contribution in [1.82, 2.24) is 9.03 Å². The highest BCUT2D eigenvalue weighted by Gasteiger charge is 2.28. The average molecular weight is 314 g/mol. The van der Waals surface area contributed by atoms with Crippen LogP contribution in [0.3, 0.4) is 0 Å². The Morgan fingerprint density at radius 2 is 1.90 bits per heavy atom. The number of hydrogen-bond donors (Lipinski definition) is 2. The summed E-state index contributed by atoms with van der Waals surface area (Å²) in [5.41, 5.74) is 1.15. The van der Waals surface area contributed by atoms with E-state index in [1.54, 1.807) is 12.1 Å². The SMILES string of the molecule is COCCNS(=O)(=O)N1CCC(c2ccc(O)cc2)CC1. The Morgan fingerprint density at radius 3 is 2.48 bits per heavy atom. The predicted octanol–water partition coefficient (Wildman–Crippen LogP) is 1.05. The van der Waals surface area contributed by atoms with Gasteiger partial charge in [-0.3, -0.25) is 0 Å². The van der Waals surface area contributed by atoms with Crippen LogP contribution in [0.2, 0.25) is 0 Å². The maximum Gasteiger partial charge on any atom is 0.279 e. The molecule has 0 spiro atoms. The molecule has 1 aromatic rings. The van der Waals surface area contributed by atoms with Gasteiger partial charge in [-0.2, -0.15) is 17.4 Å².